The molecule has 0 radical (unpaired) electrons. The maximum absolute atomic E-state index is 12.2. The van der Waals surface area contributed by atoms with E-state index >= 15 is 0 Å². The molecule has 4 nitrogen and oxygen atoms in total. The van der Waals surface area contributed by atoms with Gasteiger partial charge in [-0.25, -0.2) is 0 Å². The van der Waals surface area contributed by atoms with Gasteiger partial charge in [-0.1, -0.05) is 6.92 Å². The Kier molecular flexibility index (Phi) is 3.50. The summed E-state index contributed by atoms with van der Waals surface area (Å²) < 4.78 is 0. The second-order valence-corrected chi connectivity index (χ2v) is 5.53. The van der Waals surface area contributed by atoms with Crippen LogP contribution in [0, 0.1) is 5.41 Å². The van der Waals surface area contributed by atoms with E-state index in [9.17, 15) is 4.79 Å². The van der Waals surface area contributed by atoms with Crippen molar-refractivity contribution < 1.29 is 4.79 Å². The molecule has 0 aromatic heterocycles. The fourth-order valence-electron chi connectivity index (χ4n) is 2.62. The van der Waals surface area contributed by atoms with Gasteiger partial charge in [0, 0.05) is 18.0 Å². The van der Waals surface area contributed by atoms with Gasteiger partial charge in [-0.2, -0.15) is 0 Å². The van der Waals surface area contributed by atoms with Crippen molar-refractivity contribution in [3.63, 3.8) is 0 Å². The Morgan fingerprint density at radius 2 is 2.12 bits per heavy atom. The SMILES string of the molecule is CN1CCC(NC(=O)C2(C)CCNCC2)C1. The molecule has 2 saturated heterocycles. The van der Waals surface area contributed by atoms with Gasteiger partial charge in [-0.05, 0) is 45.9 Å². The number of nitrogens with zero attached hydrogens (tertiary/aromatic N) is 1. The summed E-state index contributed by atoms with van der Waals surface area (Å²) in [6.45, 7) is 6.13. The lowest BCUT2D eigenvalue weighted by Crippen LogP contribution is -2.49. The van der Waals surface area contributed by atoms with Crippen molar-refractivity contribution in [1.82, 2.24) is 15.5 Å². The summed E-state index contributed by atoms with van der Waals surface area (Å²) >= 11 is 0. The smallest absolute Gasteiger partial charge is 0.226 e. The Hall–Kier alpha value is -0.610. The topological polar surface area (TPSA) is 44.4 Å². The first-order valence-electron chi connectivity index (χ1n) is 6.30. The van der Waals surface area contributed by atoms with Crippen molar-refractivity contribution in [2.45, 2.75) is 32.2 Å². The van der Waals surface area contributed by atoms with Crippen LogP contribution in [0.25, 0.3) is 0 Å². The monoisotopic (exact) mass is 225 g/mol. The molecule has 1 unspecified atom stereocenters. The third-order valence-corrected chi connectivity index (χ3v) is 3.98. The number of likely N-dealkylation sites (tertiary alicyclic amines) is 1. The number of likely N-dealkylation sites (N-methyl/N-ethyl adjacent to an activating group) is 1. The molecule has 0 aliphatic carbocycles. The van der Waals surface area contributed by atoms with Crippen LogP contribution < -0.4 is 10.6 Å². The molecule has 16 heavy (non-hydrogen) atoms. The van der Waals surface area contributed by atoms with Gasteiger partial charge in [0.15, 0.2) is 0 Å². The van der Waals surface area contributed by atoms with Crippen LogP contribution in [-0.2, 0) is 4.79 Å². The number of hydrogen-bond donors (Lipinski definition) is 2. The quantitative estimate of drug-likeness (QED) is 0.705. The molecule has 2 aliphatic rings. The molecule has 0 aromatic carbocycles. The summed E-state index contributed by atoms with van der Waals surface area (Å²) in [5.41, 5.74) is -0.146. The number of hydrogen-bond acceptors (Lipinski definition) is 3. The standard InChI is InChI=1S/C12H23N3O/c1-12(4-6-13-7-5-12)11(16)14-10-3-8-15(2)9-10/h10,13H,3-9H2,1-2H3,(H,14,16). The summed E-state index contributed by atoms with van der Waals surface area (Å²) in [5, 5.41) is 6.52. The van der Waals surface area contributed by atoms with Crippen LogP contribution in [0.4, 0.5) is 0 Å². The molecule has 0 saturated carbocycles. The van der Waals surface area contributed by atoms with E-state index in [0.29, 0.717) is 6.04 Å². The second-order valence-electron chi connectivity index (χ2n) is 5.53. The summed E-state index contributed by atoms with van der Waals surface area (Å²) in [6, 6.07) is 0.365. The van der Waals surface area contributed by atoms with Gasteiger partial charge in [-0.3, -0.25) is 4.79 Å². The predicted octanol–water partition coefficient (Wildman–Crippen LogP) is 0.196. The molecular formula is C12H23N3O. The van der Waals surface area contributed by atoms with E-state index in [4.69, 9.17) is 0 Å². The highest BCUT2D eigenvalue weighted by atomic mass is 16.2. The van der Waals surface area contributed by atoms with Crippen molar-refractivity contribution >= 4 is 5.91 Å². The van der Waals surface area contributed by atoms with E-state index in [0.717, 1.165) is 45.4 Å². The van der Waals surface area contributed by atoms with E-state index in [1.54, 1.807) is 0 Å². The van der Waals surface area contributed by atoms with Gasteiger partial charge in [-0.15, -0.1) is 0 Å². The molecule has 1 amide bonds. The number of amides is 1. The molecule has 0 bridgehead atoms. The predicted molar refractivity (Wildman–Crippen MR) is 64.3 cm³/mol. The normalized spacial score (nSPS) is 30.2. The van der Waals surface area contributed by atoms with Crippen LogP contribution in [-0.4, -0.2) is 50.1 Å². The maximum atomic E-state index is 12.2. The maximum Gasteiger partial charge on any atom is 0.226 e. The van der Waals surface area contributed by atoms with Gasteiger partial charge in [0.25, 0.3) is 0 Å². The Labute approximate surface area is 97.8 Å². The van der Waals surface area contributed by atoms with E-state index in [2.05, 4.69) is 29.5 Å². The summed E-state index contributed by atoms with van der Waals surface area (Å²) in [4.78, 5) is 14.5. The van der Waals surface area contributed by atoms with Crippen molar-refractivity contribution in [2.75, 3.05) is 33.2 Å². The van der Waals surface area contributed by atoms with Crippen LogP contribution in [0.15, 0.2) is 0 Å². The molecular weight excluding hydrogens is 202 g/mol. The lowest BCUT2D eigenvalue weighted by atomic mass is 9.80. The van der Waals surface area contributed by atoms with Crippen molar-refractivity contribution in [3.05, 3.63) is 0 Å². The highest BCUT2D eigenvalue weighted by Crippen LogP contribution is 2.28. The lowest BCUT2D eigenvalue weighted by molar-refractivity contribution is -0.132. The lowest BCUT2D eigenvalue weighted by Gasteiger charge is -2.33. The number of piperidine rings is 1. The third-order valence-electron chi connectivity index (χ3n) is 3.98. The second kappa shape index (κ2) is 4.72. The zero-order valence-corrected chi connectivity index (χ0v) is 10.4. The summed E-state index contributed by atoms with van der Waals surface area (Å²) in [7, 11) is 2.11. The molecule has 4 heteroatoms. The number of carbonyl (C=O) groups excluding carboxylic acids is 1. The van der Waals surface area contributed by atoms with Crippen LogP contribution in [0.2, 0.25) is 0 Å². The minimum absolute atomic E-state index is 0.146. The molecule has 2 N–H and O–H groups in total. The highest BCUT2D eigenvalue weighted by Gasteiger charge is 2.36. The van der Waals surface area contributed by atoms with Crippen LogP contribution in [0.1, 0.15) is 26.2 Å². The summed E-state index contributed by atoms with van der Waals surface area (Å²) in [5.74, 6) is 0.259. The molecule has 0 spiro atoms. The minimum atomic E-state index is -0.146. The van der Waals surface area contributed by atoms with Crippen LogP contribution in [0.5, 0.6) is 0 Å². The van der Waals surface area contributed by atoms with Crippen LogP contribution >= 0.6 is 0 Å². The zero-order chi connectivity index (χ0) is 11.6. The van der Waals surface area contributed by atoms with E-state index in [-0.39, 0.29) is 11.3 Å². The van der Waals surface area contributed by atoms with Crippen LogP contribution in [0.3, 0.4) is 0 Å². The molecule has 2 fully saturated rings. The Balaban J connectivity index is 1.86. The largest absolute Gasteiger partial charge is 0.352 e. The molecule has 92 valence electrons. The average molecular weight is 225 g/mol. The Morgan fingerprint density at radius 1 is 1.44 bits per heavy atom. The first kappa shape index (κ1) is 11.9. The molecule has 2 rings (SSSR count). The van der Waals surface area contributed by atoms with Crippen molar-refractivity contribution in [3.8, 4) is 0 Å². The fourth-order valence-corrected chi connectivity index (χ4v) is 2.62. The number of rotatable bonds is 2. The van der Waals surface area contributed by atoms with Gasteiger partial charge in [0.05, 0.1) is 0 Å². The van der Waals surface area contributed by atoms with Gasteiger partial charge >= 0.3 is 0 Å². The van der Waals surface area contributed by atoms with Crippen molar-refractivity contribution in [2.24, 2.45) is 5.41 Å². The number of nitrogens with one attached hydrogen (secondary N) is 2. The van der Waals surface area contributed by atoms with Gasteiger partial charge in [0.1, 0.15) is 0 Å². The minimum Gasteiger partial charge on any atom is -0.352 e. The first-order valence-corrected chi connectivity index (χ1v) is 6.30. The highest BCUT2D eigenvalue weighted by molar-refractivity contribution is 5.82. The van der Waals surface area contributed by atoms with Gasteiger partial charge < -0.3 is 15.5 Å². The van der Waals surface area contributed by atoms with Crippen molar-refractivity contribution in [1.29, 1.82) is 0 Å². The Morgan fingerprint density at radius 3 is 2.69 bits per heavy atom. The average Bonchev–Trinajstić information content (AvgIpc) is 2.65. The fraction of sp³-hybridized carbons (Fsp3) is 0.917. The zero-order valence-electron chi connectivity index (χ0n) is 10.4. The first-order chi connectivity index (χ1) is 7.60. The Bertz CT molecular complexity index is 261. The number of carbonyl (C=O) groups is 1. The third kappa shape index (κ3) is 2.55. The molecule has 2 heterocycles. The van der Waals surface area contributed by atoms with E-state index in [1.807, 2.05) is 0 Å². The summed E-state index contributed by atoms with van der Waals surface area (Å²) in [6.07, 6.45) is 3.01. The molecule has 2 aliphatic heterocycles. The van der Waals surface area contributed by atoms with E-state index in [1.165, 1.54) is 0 Å². The van der Waals surface area contributed by atoms with Gasteiger partial charge in [0.2, 0.25) is 5.91 Å². The molecule has 0 aromatic rings. The molecule has 1 atom stereocenters. The van der Waals surface area contributed by atoms with E-state index < -0.39 is 0 Å².